The van der Waals surface area contributed by atoms with Crippen molar-refractivity contribution >= 4 is 17.1 Å². The van der Waals surface area contributed by atoms with Crippen molar-refractivity contribution in [3.05, 3.63) is 47.3 Å². The molecule has 88 valence electrons. The molecule has 1 aromatic carbocycles. The Bertz CT molecular complexity index is 468. The maximum Gasteiger partial charge on any atom is 0.162 e. The van der Waals surface area contributed by atoms with Crippen molar-refractivity contribution in [1.82, 2.24) is 0 Å². The minimum Gasteiger partial charge on any atom is -0.294 e. The maximum absolute atomic E-state index is 11.8. The Morgan fingerprint density at radius 2 is 1.94 bits per heavy atom. The van der Waals surface area contributed by atoms with E-state index in [1.165, 1.54) is 10.4 Å². The van der Waals surface area contributed by atoms with Gasteiger partial charge < -0.3 is 0 Å². The molecule has 0 saturated carbocycles. The molecule has 2 heteroatoms. The number of carbonyl (C=O) groups excluding carboxylic acids is 1. The van der Waals surface area contributed by atoms with Crippen LogP contribution < -0.4 is 0 Å². The molecule has 1 heterocycles. The highest BCUT2D eigenvalue weighted by Crippen LogP contribution is 2.24. The van der Waals surface area contributed by atoms with Crippen LogP contribution in [-0.4, -0.2) is 5.78 Å². The normalized spacial score (nSPS) is 10.4. The monoisotopic (exact) mass is 244 g/mol. The van der Waals surface area contributed by atoms with Gasteiger partial charge in [0.1, 0.15) is 0 Å². The fourth-order valence-corrected chi connectivity index (χ4v) is 2.48. The van der Waals surface area contributed by atoms with E-state index in [1.807, 2.05) is 30.3 Å². The van der Waals surface area contributed by atoms with Crippen LogP contribution in [0.1, 0.15) is 36.5 Å². The summed E-state index contributed by atoms with van der Waals surface area (Å²) in [6, 6.07) is 12.1. The maximum atomic E-state index is 11.8. The molecule has 0 radical (unpaired) electrons. The second-order valence-corrected chi connectivity index (χ2v) is 5.03. The summed E-state index contributed by atoms with van der Waals surface area (Å²) < 4.78 is 0. The second kappa shape index (κ2) is 5.78. The first-order valence-electron chi connectivity index (χ1n) is 5.98. The Morgan fingerprint density at radius 1 is 1.18 bits per heavy atom. The van der Waals surface area contributed by atoms with Gasteiger partial charge >= 0.3 is 0 Å². The summed E-state index contributed by atoms with van der Waals surface area (Å²) in [6.45, 7) is 2.10. The van der Waals surface area contributed by atoms with Gasteiger partial charge in [0.05, 0.1) is 0 Å². The van der Waals surface area contributed by atoms with Crippen molar-refractivity contribution in [3.63, 3.8) is 0 Å². The molecule has 0 fully saturated rings. The van der Waals surface area contributed by atoms with Crippen LogP contribution in [0.2, 0.25) is 0 Å². The summed E-state index contributed by atoms with van der Waals surface area (Å²) in [4.78, 5) is 13.1. The van der Waals surface area contributed by atoms with E-state index in [2.05, 4.69) is 18.4 Å². The Balaban J connectivity index is 2.10. The van der Waals surface area contributed by atoms with Gasteiger partial charge in [0, 0.05) is 16.9 Å². The zero-order valence-electron chi connectivity index (χ0n) is 9.98. The zero-order valence-corrected chi connectivity index (χ0v) is 10.8. The van der Waals surface area contributed by atoms with E-state index in [9.17, 15) is 4.79 Å². The van der Waals surface area contributed by atoms with E-state index in [1.54, 1.807) is 11.3 Å². The molecule has 0 amide bonds. The molecule has 0 saturated heterocycles. The van der Waals surface area contributed by atoms with Gasteiger partial charge in [-0.1, -0.05) is 43.7 Å². The lowest BCUT2D eigenvalue weighted by atomic mass is 10.0. The molecule has 0 N–H and O–H groups in total. The van der Waals surface area contributed by atoms with Crippen LogP contribution in [0.5, 0.6) is 0 Å². The summed E-state index contributed by atoms with van der Waals surface area (Å²) in [5, 5.41) is 2.07. The number of thiophene rings is 1. The number of ketones is 1. The first kappa shape index (κ1) is 12.1. The van der Waals surface area contributed by atoms with Crippen molar-refractivity contribution in [2.24, 2.45) is 0 Å². The molecule has 0 atom stereocenters. The van der Waals surface area contributed by atoms with E-state index in [0.29, 0.717) is 6.42 Å². The van der Waals surface area contributed by atoms with Crippen molar-refractivity contribution in [2.75, 3.05) is 0 Å². The molecule has 0 aliphatic rings. The molecule has 0 bridgehead atoms. The Labute approximate surface area is 106 Å². The highest BCUT2D eigenvalue weighted by molar-refractivity contribution is 7.13. The Hall–Kier alpha value is -1.41. The van der Waals surface area contributed by atoms with Gasteiger partial charge in [-0.15, -0.1) is 11.3 Å². The fourth-order valence-electron chi connectivity index (χ4n) is 1.74. The van der Waals surface area contributed by atoms with Gasteiger partial charge in [0.25, 0.3) is 0 Å². The van der Waals surface area contributed by atoms with Gasteiger partial charge in [0.2, 0.25) is 0 Å². The molecular formula is C15H16OS. The van der Waals surface area contributed by atoms with Crippen molar-refractivity contribution in [3.8, 4) is 10.4 Å². The minimum atomic E-state index is 0.254. The topological polar surface area (TPSA) is 17.1 Å². The van der Waals surface area contributed by atoms with Crippen LogP contribution in [0.15, 0.2) is 41.8 Å². The van der Waals surface area contributed by atoms with Crippen LogP contribution in [-0.2, 0) is 0 Å². The summed E-state index contributed by atoms with van der Waals surface area (Å²) in [6.07, 6.45) is 2.71. The minimum absolute atomic E-state index is 0.254. The third-order valence-corrected chi connectivity index (χ3v) is 3.69. The molecule has 0 spiro atoms. The zero-order chi connectivity index (χ0) is 12.1. The SMILES string of the molecule is CCCCC(=O)c1ccc(-c2cccs2)cc1. The van der Waals surface area contributed by atoms with Gasteiger partial charge in [-0.3, -0.25) is 4.79 Å². The number of carbonyl (C=O) groups is 1. The van der Waals surface area contributed by atoms with E-state index < -0.39 is 0 Å². The molecule has 2 aromatic rings. The largest absolute Gasteiger partial charge is 0.294 e. The molecule has 1 aromatic heterocycles. The summed E-state index contributed by atoms with van der Waals surface area (Å²) in [7, 11) is 0. The van der Waals surface area contributed by atoms with Gasteiger partial charge in [-0.25, -0.2) is 0 Å². The molecule has 1 nitrogen and oxygen atoms in total. The summed E-state index contributed by atoms with van der Waals surface area (Å²) in [5.74, 6) is 0.254. The smallest absolute Gasteiger partial charge is 0.162 e. The van der Waals surface area contributed by atoms with E-state index in [4.69, 9.17) is 0 Å². The second-order valence-electron chi connectivity index (χ2n) is 4.08. The highest BCUT2D eigenvalue weighted by atomic mass is 32.1. The Kier molecular flexibility index (Phi) is 4.10. The number of Topliss-reactive ketones (excluding diaryl/α,β-unsaturated/α-hetero) is 1. The molecule has 17 heavy (non-hydrogen) atoms. The molecule has 0 unspecified atom stereocenters. The third-order valence-electron chi connectivity index (χ3n) is 2.77. The number of unbranched alkanes of at least 4 members (excludes halogenated alkanes) is 1. The average molecular weight is 244 g/mol. The van der Waals surface area contributed by atoms with Crippen molar-refractivity contribution < 1.29 is 4.79 Å². The lowest BCUT2D eigenvalue weighted by Crippen LogP contribution is -1.98. The van der Waals surface area contributed by atoms with Crippen molar-refractivity contribution in [1.29, 1.82) is 0 Å². The number of rotatable bonds is 5. The number of hydrogen-bond acceptors (Lipinski definition) is 2. The van der Waals surface area contributed by atoms with Gasteiger partial charge in [-0.2, -0.15) is 0 Å². The van der Waals surface area contributed by atoms with E-state index >= 15 is 0 Å². The summed E-state index contributed by atoms with van der Waals surface area (Å²) >= 11 is 1.72. The van der Waals surface area contributed by atoms with Crippen LogP contribution >= 0.6 is 11.3 Å². The molecular weight excluding hydrogens is 228 g/mol. The molecule has 0 aliphatic heterocycles. The van der Waals surface area contributed by atoms with Crippen LogP contribution in [0.3, 0.4) is 0 Å². The van der Waals surface area contributed by atoms with Crippen molar-refractivity contribution in [2.45, 2.75) is 26.2 Å². The predicted molar refractivity (Wildman–Crippen MR) is 73.6 cm³/mol. The van der Waals surface area contributed by atoms with Gasteiger partial charge in [0.15, 0.2) is 5.78 Å². The third kappa shape index (κ3) is 3.04. The Morgan fingerprint density at radius 3 is 2.53 bits per heavy atom. The molecule has 0 aliphatic carbocycles. The van der Waals surface area contributed by atoms with Crippen LogP contribution in [0, 0.1) is 0 Å². The highest BCUT2D eigenvalue weighted by Gasteiger charge is 2.05. The standard InChI is InChI=1S/C15H16OS/c1-2-3-5-14(16)12-7-9-13(10-8-12)15-6-4-11-17-15/h4,6-11H,2-3,5H2,1H3. The molecule has 2 rings (SSSR count). The quantitative estimate of drug-likeness (QED) is 0.691. The van der Waals surface area contributed by atoms with E-state index in [-0.39, 0.29) is 5.78 Å². The van der Waals surface area contributed by atoms with E-state index in [0.717, 1.165) is 18.4 Å². The fraction of sp³-hybridized carbons (Fsp3) is 0.267. The van der Waals surface area contributed by atoms with Crippen LogP contribution in [0.25, 0.3) is 10.4 Å². The first-order valence-corrected chi connectivity index (χ1v) is 6.86. The predicted octanol–water partition coefficient (Wildman–Crippen LogP) is 4.79. The lowest BCUT2D eigenvalue weighted by molar-refractivity contribution is 0.0980. The summed E-state index contributed by atoms with van der Waals surface area (Å²) in [5.41, 5.74) is 2.02. The number of benzene rings is 1. The van der Waals surface area contributed by atoms with Crippen LogP contribution in [0.4, 0.5) is 0 Å². The van der Waals surface area contributed by atoms with Gasteiger partial charge in [-0.05, 0) is 23.4 Å². The number of hydrogen-bond donors (Lipinski definition) is 0. The lowest BCUT2D eigenvalue weighted by Gasteiger charge is -2.02. The average Bonchev–Trinajstić information content (AvgIpc) is 2.90. The first-order chi connectivity index (χ1) is 8.31.